The minimum atomic E-state index is -4.65. The van der Waals surface area contributed by atoms with Crippen LogP contribution in [-0.2, 0) is 16.5 Å². The highest BCUT2D eigenvalue weighted by Crippen LogP contribution is 2.32. The average molecular weight is 436 g/mol. The van der Waals surface area contributed by atoms with E-state index < -0.39 is 17.8 Å². The van der Waals surface area contributed by atoms with E-state index in [1.165, 1.54) is 13.2 Å². The first kappa shape index (κ1) is 22.5. The molecule has 0 unspecified atom stereocenters. The summed E-state index contributed by atoms with van der Waals surface area (Å²) in [7, 11) is 1.53. The Morgan fingerprint density at radius 2 is 1.90 bits per heavy atom. The number of alkyl halides is 3. The maximum absolute atomic E-state index is 12.9. The number of amides is 1. The molecule has 3 rings (SSSR count). The molecule has 1 aromatic carbocycles. The van der Waals surface area contributed by atoms with Gasteiger partial charge in [-0.1, -0.05) is 6.07 Å². The lowest BCUT2D eigenvalue weighted by molar-refractivity contribution is -0.141. The Morgan fingerprint density at radius 1 is 1.16 bits per heavy atom. The van der Waals surface area contributed by atoms with Crippen LogP contribution in [0.4, 0.5) is 18.9 Å². The van der Waals surface area contributed by atoms with E-state index in [0.29, 0.717) is 23.6 Å². The van der Waals surface area contributed by atoms with E-state index in [1.807, 2.05) is 27.0 Å². The van der Waals surface area contributed by atoms with Crippen molar-refractivity contribution in [3.05, 3.63) is 47.9 Å². The van der Waals surface area contributed by atoms with Crippen LogP contribution in [0, 0.1) is 0 Å². The van der Waals surface area contributed by atoms with Gasteiger partial charge in [0, 0.05) is 24.8 Å². The van der Waals surface area contributed by atoms with Gasteiger partial charge in [-0.05, 0) is 39.0 Å². The fraction of sp³-hybridized carbons (Fsp3) is 0.381. The Morgan fingerprint density at radius 3 is 2.55 bits per heavy atom. The molecule has 0 atom stereocenters. The molecular formula is C21H23F3N4O3. The highest BCUT2D eigenvalue weighted by atomic mass is 19.4. The van der Waals surface area contributed by atoms with E-state index in [-0.39, 0.29) is 17.8 Å². The number of anilines is 1. The summed E-state index contributed by atoms with van der Waals surface area (Å²) in [5.41, 5.74) is -0.817. The van der Waals surface area contributed by atoms with Gasteiger partial charge in [0.1, 0.15) is 23.7 Å². The third-order valence-corrected chi connectivity index (χ3v) is 4.36. The summed E-state index contributed by atoms with van der Waals surface area (Å²) in [6, 6.07) is 6.49. The second kappa shape index (κ2) is 8.54. The second-order valence-electron chi connectivity index (χ2n) is 7.85. The van der Waals surface area contributed by atoms with E-state index >= 15 is 0 Å². The smallest absolute Gasteiger partial charge is 0.433 e. The first-order valence-corrected chi connectivity index (χ1v) is 9.50. The molecule has 0 saturated carbocycles. The van der Waals surface area contributed by atoms with E-state index in [1.54, 1.807) is 16.8 Å². The van der Waals surface area contributed by atoms with Crippen LogP contribution in [0.5, 0.6) is 5.75 Å². The summed E-state index contributed by atoms with van der Waals surface area (Å²) in [6.45, 7) is 6.52. The van der Waals surface area contributed by atoms with Gasteiger partial charge in [0.15, 0.2) is 0 Å². The molecule has 0 spiro atoms. The zero-order valence-corrected chi connectivity index (χ0v) is 17.6. The van der Waals surface area contributed by atoms with Crippen molar-refractivity contribution in [1.29, 1.82) is 0 Å². The number of halogens is 3. The Hall–Kier alpha value is -3.14. The van der Waals surface area contributed by atoms with Crippen LogP contribution < -0.4 is 10.1 Å². The Kier molecular flexibility index (Phi) is 6.21. The number of carbonyl (C=O) groups is 1. The molecule has 0 aliphatic rings. The lowest BCUT2D eigenvalue weighted by atomic mass is 10.1. The van der Waals surface area contributed by atoms with Gasteiger partial charge in [-0.3, -0.25) is 9.48 Å². The number of aromatic nitrogens is 3. The molecular weight excluding hydrogens is 413 g/mol. The zero-order chi connectivity index (χ0) is 22.8. The first-order chi connectivity index (χ1) is 14.5. The molecule has 2 heterocycles. The summed E-state index contributed by atoms with van der Waals surface area (Å²) in [4.78, 5) is 16.1. The highest BCUT2D eigenvalue weighted by Gasteiger charge is 2.33. The van der Waals surface area contributed by atoms with Crippen molar-refractivity contribution in [2.45, 2.75) is 32.5 Å². The molecule has 7 nitrogen and oxygen atoms in total. The van der Waals surface area contributed by atoms with Gasteiger partial charge in [0.05, 0.1) is 23.3 Å². The normalized spacial score (nSPS) is 12.2. The summed E-state index contributed by atoms with van der Waals surface area (Å²) < 4.78 is 51.3. The van der Waals surface area contributed by atoms with Crippen LogP contribution in [0.1, 0.15) is 37.0 Å². The second-order valence-corrected chi connectivity index (χ2v) is 7.85. The van der Waals surface area contributed by atoms with Crippen molar-refractivity contribution >= 4 is 22.5 Å². The Bertz CT molecular complexity index is 1090. The fourth-order valence-corrected chi connectivity index (χ4v) is 2.75. The number of pyridine rings is 1. The number of rotatable bonds is 6. The largest absolute Gasteiger partial charge is 0.489 e. The van der Waals surface area contributed by atoms with Crippen LogP contribution >= 0.6 is 0 Å². The minimum absolute atomic E-state index is 0.215. The average Bonchev–Trinajstić information content (AvgIpc) is 3.11. The molecule has 1 amide bonds. The lowest BCUT2D eigenvalue weighted by Gasteiger charge is -2.18. The molecule has 0 saturated heterocycles. The zero-order valence-electron chi connectivity index (χ0n) is 17.6. The molecule has 0 fully saturated rings. The maximum Gasteiger partial charge on any atom is 0.433 e. The monoisotopic (exact) mass is 436 g/mol. The molecule has 10 heteroatoms. The lowest BCUT2D eigenvalue weighted by Crippen LogP contribution is -2.21. The van der Waals surface area contributed by atoms with Crippen molar-refractivity contribution < 1.29 is 27.4 Å². The molecule has 0 radical (unpaired) electrons. The summed E-state index contributed by atoms with van der Waals surface area (Å²) in [6.07, 6.45) is -2.82. The van der Waals surface area contributed by atoms with E-state index in [4.69, 9.17) is 9.47 Å². The molecule has 31 heavy (non-hydrogen) atoms. The molecule has 0 aliphatic carbocycles. The van der Waals surface area contributed by atoms with E-state index in [2.05, 4.69) is 15.4 Å². The van der Waals surface area contributed by atoms with Crippen molar-refractivity contribution in [3.63, 3.8) is 0 Å². The molecule has 0 bridgehead atoms. The number of fused-ring (bicyclic) bond motifs is 1. The van der Waals surface area contributed by atoms with Crippen LogP contribution in [0.15, 0.2) is 36.5 Å². The molecule has 1 N–H and O–H groups in total. The summed E-state index contributed by atoms with van der Waals surface area (Å²) in [5, 5.41) is 7.88. The molecule has 166 valence electrons. The van der Waals surface area contributed by atoms with Crippen molar-refractivity contribution in [2.24, 2.45) is 0 Å². The number of benzene rings is 1. The Labute approximate surface area is 177 Å². The van der Waals surface area contributed by atoms with Gasteiger partial charge in [0.25, 0.3) is 5.91 Å². The highest BCUT2D eigenvalue weighted by molar-refractivity contribution is 6.05. The third-order valence-electron chi connectivity index (χ3n) is 4.36. The third kappa shape index (κ3) is 5.32. The predicted molar refractivity (Wildman–Crippen MR) is 109 cm³/mol. The number of hydrogen-bond donors (Lipinski definition) is 1. The number of carbonyl (C=O) groups excluding carboxylic acids is 1. The number of nitrogens with zero attached hydrogens (tertiary/aromatic N) is 3. The number of methoxy groups -OCH3 is 1. The van der Waals surface area contributed by atoms with Crippen molar-refractivity contribution in [3.8, 4) is 5.75 Å². The summed E-state index contributed by atoms with van der Waals surface area (Å²) in [5.74, 6) is -0.464. The van der Waals surface area contributed by atoms with Gasteiger partial charge in [-0.2, -0.15) is 18.3 Å². The standard InChI is InChI=1S/C21H23F3N4O3/c1-20(2,3)28-12-13-10-16(17(11-15(13)27-28)31-9-8-30-4)26-19(29)14-6-5-7-18(25-14)21(22,23)24/h5-7,10-12H,8-9H2,1-4H3,(H,26,29). The van der Waals surface area contributed by atoms with Crippen LogP contribution in [0.3, 0.4) is 0 Å². The van der Waals surface area contributed by atoms with E-state index in [9.17, 15) is 18.0 Å². The van der Waals surface area contributed by atoms with Gasteiger partial charge in [0.2, 0.25) is 0 Å². The van der Waals surface area contributed by atoms with Crippen molar-refractivity contribution in [1.82, 2.24) is 14.8 Å². The molecule has 3 aromatic rings. The van der Waals surface area contributed by atoms with Gasteiger partial charge < -0.3 is 14.8 Å². The summed E-state index contributed by atoms with van der Waals surface area (Å²) >= 11 is 0. The topological polar surface area (TPSA) is 78.3 Å². The molecule has 0 aliphatic heterocycles. The number of nitrogens with one attached hydrogen (secondary N) is 1. The maximum atomic E-state index is 12.9. The quantitative estimate of drug-likeness (QED) is 0.577. The van der Waals surface area contributed by atoms with Crippen molar-refractivity contribution in [2.75, 3.05) is 25.6 Å². The Balaban J connectivity index is 1.96. The van der Waals surface area contributed by atoms with Gasteiger partial charge in [-0.25, -0.2) is 4.98 Å². The van der Waals surface area contributed by atoms with Crippen LogP contribution in [0.25, 0.3) is 10.9 Å². The van der Waals surface area contributed by atoms with Crippen LogP contribution in [0.2, 0.25) is 0 Å². The van der Waals surface area contributed by atoms with E-state index in [0.717, 1.165) is 17.5 Å². The molecule has 2 aromatic heterocycles. The van der Waals surface area contributed by atoms with Crippen LogP contribution in [-0.4, -0.2) is 41.0 Å². The number of ether oxygens (including phenoxy) is 2. The SMILES string of the molecule is COCCOc1cc2nn(C(C)(C)C)cc2cc1NC(=O)c1cccc(C(F)(F)F)n1. The minimum Gasteiger partial charge on any atom is -0.489 e. The first-order valence-electron chi connectivity index (χ1n) is 9.50. The van der Waals surface area contributed by atoms with Gasteiger partial charge >= 0.3 is 6.18 Å². The fourth-order valence-electron chi connectivity index (χ4n) is 2.75. The number of hydrogen-bond acceptors (Lipinski definition) is 5. The predicted octanol–water partition coefficient (Wildman–Crippen LogP) is 4.48. The van der Waals surface area contributed by atoms with Gasteiger partial charge in [-0.15, -0.1) is 0 Å².